The maximum atomic E-state index is 11.7. The van der Waals surface area contributed by atoms with Crippen LogP contribution in [0.3, 0.4) is 0 Å². The van der Waals surface area contributed by atoms with Gasteiger partial charge in [0.25, 0.3) is 0 Å². The average molecular weight is 263 g/mol. The second-order valence-electron chi connectivity index (χ2n) is 4.48. The molecule has 1 aromatic rings. The Labute approximate surface area is 113 Å². The maximum Gasteiger partial charge on any atom is 0.319 e. The van der Waals surface area contributed by atoms with E-state index in [4.69, 9.17) is 0 Å². The van der Waals surface area contributed by atoms with Crippen molar-refractivity contribution < 1.29 is 9.59 Å². The van der Waals surface area contributed by atoms with E-state index in [0.29, 0.717) is 12.2 Å². The van der Waals surface area contributed by atoms with E-state index in [1.807, 2.05) is 32.0 Å². The molecule has 0 saturated heterocycles. The van der Waals surface area contributed by atoms with Gasteiger partial charge in [-0.1, -0.05) is 19.1 Å². The van der Waals surface area contributed by atoms with Gasteiger partial charge in [0, 0.05) is 12.2 Å². The molecule has 0 aliphatic heterocycles. The van der Waals surface area contributed by atoms with E-state index in [0.717, 1.165) is 12.0 Å². The van der Waals surface area contributed by atoms with Crippen LogP contribution >= 0.6 is 0 Å². The number of carbonyl (C=O) groups is 2. The Kier molecular flexibility index (Phi) is 5.85. The Bertz CT molecular complexity index is 446. The van der Waals surface area contributed by atoms with Gasteiger partial charge in [-0.15, -0.1) is 0 Å². The molecular formula is C14H21N3O2. The zero-order chi connectivity index (χ0) is 14.3. The first-order valence-corrected chi connectivity index (χ1v) is 6.44. The van der Waals surface area contributed by atoms with E-state index in [-0.39, 0.29) is 11.9 Å². The van der Waals surface area contributed by atoms with Crippen molar-refractivity contribution in [1.82, 2.24) is 10.6 Å². The zero-order valence-electron chi connectivity index (χ0n) is 11.6. The van der Waals surface area contributed by atoms with Gasteiger partial charge in [0.1, 0.15) is 6.04 Å². The van der Waals surface area contributed by atoms with Crippen LogP contribution in [0.5, 0.6) is 0 Å². The van der Waals surface area contributed by atoms with Gasteiger partial charge in [-0.05, 0) is 38.0 Å². The fourth-order valence-electron chi connectivity index (χ4n) is 1.55. The van der Waals surface area contributed by atoms with Crippen LogP contribution in [0.25, 0.3) is 0 Å². The number of rotatable bonds is 5. The molecule has 1 atom stereocenters. The van der Waals surface area contributed by atoms with Crippen molar-refractivity contribution in [1.29, 1.82) is 0 Å². The van der Waals surface area contributed by atoms with Crippen LogP contribution in [-0.4, -0.2) is 24.5 Å². The quantitative estimate of drug-likeness (QED) is 0.760. The van der Waals surface area contributed by atoms with Gasteiger partial charge in [0.2, 0.25) is 5.91 Å². The van der Waals surface area contributed by atoms with E-state index < -0.39 is 6.04 Å². The van der Waals surface area contributed by atoms with Crippen molar-refractivity contribution in [3.8, 4) is 0 Å². The number of benzene rings is 1. The van der Waals surface area contributed by atoms with Crippen molar-refractivity contribution in [2.24, 2.45) is 0 Å². The lowest BCUT2D eigenvalue weighted by molar-refractivity contribution is -0.122. The minimum Gasteiger partial charge on any atom is -0.354 e. The van der Waals surface area contributed by atoms with Crippen LogP contribution < -0.4 is 16.0 Å². The summed E-state index contributed by atoms with van der Waals surface area (Å²) < 4.78 is 0. The lowest BCUT2D eigenvalue weighted by atomic mass is 10.2. The number of hydrogen-bond acceptors (Lipinski definition) is 2. The molecule has 5 heteroatoms. The summed E-state index contributed by atoms with van der Waals surface area (Å²) in [7, 11) is 0. The summed E-state index contributed by atoms with van der Waals surface area (Å²) in [4.78, 5) is 23.3. The molecule has 5 nitrogen and oxygen atoms in total. The van der Waals surface area contributed by atoms with E-state index in [1.54, 1.807) is 13.0 Å². The SMILES string of the molecule is CCCNC(=O)[C@H](C)NC(=O)Nc1cccc(C)c1. The molecule has 0 aliphatic rings. The normalized spacial score (nSPS) is 11.5. The number of hydrogen-bond donors (Lipinski definition) is 3. The first-order chi connectivity index (χ1) is 9.02. The number of nitrogens with one attached hydrogen (secondary N) is 3. The van der Waals surface area contributed by atoms with Gasteiger partial charge in [-0.2, -0.15) is 0 Å². The zero-order valence-corrected chi connectivity index (χ0v) is 11.6. The smallest absolute Gasteiger partial charge is 0.319 e. The highest BCUT2D eigenvalue weighted by Gasteiger charge is 2.14. The average Bonchev–Trinajstić information content (AvgIpc) is 2.35. The number of amides is 3. The van der Waals surface area contributed by atoms with E-state index >= 15 is 0 Å². The largest absolute Gasteiger partial charge is 0.354 e. The molecule has 0 radical (unpaired) electrons. The molecular weight excluding hydrogens is 242 g/mol. The summed E-state index contributed by atoms with van der Waals surface area (Å²) in [6, 6.07) is 6.53. The topological polar surface area (TPSA) is 70.2 Å². The van der Waals surface area contributed by atoms with Crippen LogP contribution in [0.15, 0.2) is 24.3 Å². The summed E-state index contributed by atoms with van der Waals surface area (Å²) in [6.07, 6.45) is 0.869. The maximum absolute atomic E-state index is 11.7. The van der Waals surface area contributed by atoms with Gasteiger partial charge in [0.05, 0.1) is 0 Å². The molecule has 19 heavy (non-hydrogen) atoms. The van der Waals surface area contributed by atoms with Gasteiger partial charge in [-0.3, -0.25) is 4.79 Å². The number of carbonyl (C=O) groups excluding carboxylic acids is 2. The molecule has 3 N–H and O–H groups in total. The third-order valence-electron chi connectivity index (χ3n) is 2.57. The summed E-state index contributed by atoms with van der Waals surface area (Å²) in [5.41, 5.74) is 1.77. The second-order valence-corrected chi connectivity index (χ2v) is 4.48. The molecule has 0 heterocycles. The highest BCUT2D eigenvalue weighted by Crippen LogP contribution is 2.09. The Morgan fingerprint density at radius 3 is 2.68 bits per heavy atom. The van der Waals surface area contributed by atoms with Crippen LogP contribution in [0, 0.1) is 6.92 Å². The number of anilines is 1. The number of urea groups is 1. The molecule has 3 amide bonds. The Morgan fingerprint density at radius 2 is 2.05 bits per heavy atom. The molecule has 0 unspecified atom stereocenters. The van der Waals surface area contributed by atoms with Crippen LogP contribution in [0.2, 0.25) is 0 Å². The van der Waals surface area contributed by atoms with E-state index in [2.05, 4.69) is 16.0 Å². The molecule has 1 aromatic carbocycles. The molecule has 0 bridgehead atoms. The lowest BCUT2D eigenvalue weighted by Crippen LogP contribution is -2.46. The van der Waals surface area contributed by atoms with Gasteiger partial charge >= 0.3 is 6.03 Å². The Morgan fingerprint density at radius 1 is 1.32 bits per heavy atom. The van der Waals surface area contributed by atoms with Crippen LogP contribution in [0.1, 0.15) is 25.8 Å². The monoisotopic (exact) mass is 263 g/mol. The lowest BCUT2D eigenvalue weighted by Gasteiger charge is -2.14. The molecule has 0 aliphatic carbocycles. The Balaban J connectivity index is 2.44. The predicted molar refractivity (Wildman–Crippen MR) is 76.1 cm³/mol. The van der Waals surface area contributed by atoms with Crippen molar-refractivity contribution in [2.45, 2.75) is 33.2 Å². The summed E-state index contributed by atoms with van der Waals surface area (Å²) in [5, 5.41) is 8.02. The highest BCUT2D eigenvalue weighted by molar-refractivity contribution is 5.93. The third kappa shape index (κ3) is 5.42. The van der Waals surface area contributed by atoms with Crippen LogP contribution in [0.4, 0.5) is 10.5 Å². The summed E-state index contributed by atoms with van der Waals surface area (Å²) >= 11 is 0. The van der Waals surface area contributed by atoms with Crippen molar-refractivity contribution in [3.05, 3.63) is 29.8 Å². The highest BCUT2D eigenvalue weighted by atomic mass is 16.2. The second kappa shape index (κ2) is 7.41. The molecule has 0 spiro atoms. The minimum atomic E-state index is -0.559. The Hall–Kier alpha value is -2.04. The van der Waals surface area contributed by atoms with E-state index in [9.17, 15) is 9.59 Å². The molecule has 0 saturated carbocycles. The molecule has 104 valence electrons. The first kappa shape index (κ1) is 15.0. The van der Waals surface area contributed by atoms with Gasteiger partial charge in [0.15, 0.2) is 0 Å². The summed E-state index contributed by atoms with van der Waals surface area (Å²) in [5.74, 6) is -0.179. The standard InChI is InChI=1S/C14H21N3O2/c1-4-8-15-13(18)11(3)16-14(19)17-12-7-5-6-10(2)9-12/h5-7,9,11H,4,8H2,1-3H3,(H,15,18)(H2,16,17,19)/t11-/m0/s1. The molecule has 1 rings (SSSR count). The summed E-state index contributed by atoms with van der Waals surface area (Å²) in [6.45, 7) is 6.19. The predicted octanol–water partition coefficient (Wildman–Crippen LogP) is 2.03. The van der Waals surface area contributed by atoms with Crippen molar-refractivity contribution in [3.63, 3.8) is 0 Å². The molecule has 0 fully saturated rings. The first-order valence-electron chi connectivity index (χ1n) is 6.44. The fourth-order valence-corrected chi connectivity index (χ4v) is 1.55. The van der Waals surface area contributed by atoms with E-state index in [1.165, 1.54) is 0 Å². The van der Waals surface area contributed by atoms with Crippen molar-refractivity contribution in [2.75, 3.05) is 11.9 Å². The van der Waals surface area contributed by atoms with Crippen molar-refractivity contribution >= 4 is 17.6 Å². The minimum absolute atomic E-state index is 0.179. The van der Waals surface area contributed by atoms with Gasteiger partial charge in [-0.25, -0.2) is 4.79 Å². The number of aryl methyl sites for hydroxylation is 1. The van der Waals surface area contributed by atoms with Gasteiger partial charge < -0.3 is 16.0 Å². The molecule has 0 aromatic heterocycles. The fraction of sp³-hybridized carbons (Fsp3) is 0.429. The van der Waals surface area contributed by atoms with Crippen LogP contribution in [-0.2, 0) is 4.79 Å². The third-order valence-corrected chi connectivity index (χ3v) is 2.57.